The minimum Gasteiger partial charge on any atom is -0.457 e. The summed E-state index contributed by atoms with van der Waals surface area (Å²) < 4.78 is 5.31. The Balaban J connectivity index is 1.54. The summed E-state index contributed by atoms with van der Waals surface area (Å²) in [5.74, 6) is -1.48. The van der Waals surface area contributed by atoms with E-state index < -0.39 is 17.8 Å². The molecule has 1 aliphatic rings. The molecule has 0 radical (unpaired) electrons. The van der Waals surface area contributed by atoms with Gasteiger partial charge in [0.1, 0.15) is 6.61 Å². The first kappa shape index (κ1) is 19.1. The summed E-state index contributed by atoms with van der Waals surface area (Å²) in [6.07, 6.45) is 0. The van der Waals surface area contributed by atoms with Crippen molar-refractivity contribution < 1.29 is 19.1 Å². The number of nitriles is 1. The molecule has 0 saturated carbocycles. The van der Waals surface area contributed by atoms with Gasteiger partial charge in [-0.3, -0.25) is 9.59 Å². The van der Waals surface area contributed by atoms with E-state index >= 15 is 0 Å². The van der Waals surface area contributed by atoms with Crippen LogP contribution < -0.4 is 4.90 Å². The van der Waals surface area contributed by atoms with Crippen LogP contribution in [0.2, 0.25) is 0 Å². The largest absolute Gasteiger partial charge is 0.457 e. The van der Waals surface area contributed by atoms with E-state index in [-0.39, 0.29) is 23.3 Å². The van der Waals surface area contributed by atoms with Gasteiger partial charge in [0.25, 0.3) is 11.8 Å². The number of fused-ring (bicyclic) bond motifs is 1. The Kier molecular flexibility index (Phi) is 4.87. The van der Waals surface area contributed by atoms with Crippen LogP contribution in [0.5, 0.6) is 0 Å². The lowest BCUT2D eigenvalue weighted by Gasteiger charge is -2.16. The summed E-state index contributed by atoms with van der Waals surface area (Å²) in [4.78, 5) is 39.3. The van der Waals surface area contributed by atoms with Crippen molar-refractivity contribution in [1.29, 1.82) is 5.26 Å². The van der Waals surface area contributed by atoms with E-state index in [0.29, 0.717) is 11.3 Å². The van der Waals surface area contributed by atoms with Gasteiger partial charge in [-0.2, -0.15) is 5.26 Å². The second kappa shape index (κ2) is 7.64. The van der Waals surface area contributed by atoms with E-state index in [4.69, 9.17) is 10.00 Å². The smallest absolute Gasteiger partial charge is 0.338 e. The molecular formula is C24H16N2O4. The number of anilines is 1. The molecule has 1 heterocycles. The van der Waals surface area contributed by atoms with Gasteiger partial charge in [0.2, 0.25) is 0 Å². The van der Waals surface area contributed by atoms with Gasteiger partial charge in [0.05, 0.1) is 34.0 Å². The third-order valence-corrected chi connectivity index (χ3v) is 4.93. The van der Waals surface area contributed by atoms with Gasteiger partial charge in [-0.1, -0.05) is 30.3 Å². The number of benzene rings is 3. The van der Waals surface area contributed by atoms with Crippen LogP contribution in [0, 0.1) is 18.3 Å². The number of rotatable bonds is 4. The van der Waals surface area contributed by atoms with E-state index in [1.807, 2.05) is 25.1 Å². The first-order valence-corrected chi connectivity index (χ1v) is 9.24. The number of hydrogen-bond acceptors (Lipinski definition) is 5. The van der Waals surface area contributed by atoms with Crippen LogP contribution in [-0.2, 0) is 11.3 Å². The maximum Gasteiger partial charge on any atom is 0.338 e. The minimum atomic E-state index is -0.600. The Hall–Kier alpha value is -4.24. The predicted octanol–water partition coefficient (Wildman–Crippen LogP) is 4.02. The number of carbonyl (C=O) groups is 3. The van der Waals surface area contributed by atoms with Gasteiger partial charge in [-0.25, -0.2) is 9.69 Å². The fourth-order valence-corrected chi connectivity index (χ4v) is 3.31. The molecule has 0 spiro atoms. The van der Waals surface area contributed by atoms with Crippen molar-refractivity contribution in [3.63, 3.8) is 0 Å². The van der Waals surface area contributed by atoms with Crippen LogP contribution in [-0.4, -0.2) is 17.8 Å². The molecular weight excluding hydrogens is 380 g/mol. The molecule has 0 aromatic heterocycles. The molecule has 30 heavy (non-hydrogen) atoms. The summed E-state index contributed by atoms with van der Waals surface area (Å²) in [5.41, 5.74) is 3.20. The number of hydrogen-bond donors (Lipinski definition) is 0. The highest BCUT2D eigenvalue weighted by Crippen LogP contribution is 2.31. The first-order chi connectivity index (χ1) is 14.5. The SMILES string of the molecule is Cc1ccccc1N1C(=O)c2ccc(C(=O)OCc3ccc(C#N)cc3)cc2C1=O. The summed E-state index contributed by atoms with van der Waals surface area (Å²) in [7, 11) is 0. The molecule has 0 unspecified atom stereocenters. The Bertz CT molecular complexity index is 1220. The number of imide groups is 1. The predicted molar refractivity (Wildman–Crippen MR) is 109 cm³/mol. The van der Waals surface area contributed by atoms with Gasteiger partial charge in [-0.05, 0) is 54.4 Å². The summed E-state index contributed by atoms with van der Waals surface area (Å²) in [6.45, 7) is 1.86. The fraction of sp³-hybridized carbons (Fsp3) is 0.0833. The van der Waals surface area contributed by atoms with E-state index in [9.17, 15) is 14.4 Å². The molecule has 0 atom stereocenters. The van der Waals surface area contributed by atoms with Crippen molar-refractivity contribution in [3.05, 3.63) is 100 Å². The lowest BCUT2D eigenvalue weighted by molar-refractivity contribution is 0.0472. The molecule has 6 nitrogen and oxygen atoms in total. The molecule has 3 aromatic carbocycles. The van der Waals surface area contributed by atoms with Gasteiger partial charge in [-0.15, -0.1) is 0 Å². The van der Waals surface area contributed by atoms with Crippen LogP contribution in [0.25, 0.3) is 0 Å². The van der Waals surface area contributed by atoms with Crippen molar-refractivity contribution in [1.82, 2.24) is 0 Å². The quantitative estimate of drug-likeness (QED) is 0.491. The highest BCUT2D eigenvalue weighted by atomic mass is 16.5. The van der Waals surface area contributed by atoms with Gasteiger partial charge >= 0.3 is 5.97 Å². The lowest BCUT2D eigenvalue weighted by Crippen LogP contribution is -2.29. The normalized spacial score (nSPS) is 12.5. The number of ether oxygens (including phenoxy) is 1. The highest BCUT2D eigenvalue weighted by molar-refractivity contribution is 6.34. The Morgan fingerprint density at radius 1 is 0.967 bits per heavy atom. The standard InChI is InChI=1S/C24H16N2O4/c1-15-4-2-3-5-21(15)26-22(27)19-11-10-18(12-20(19)23(26)28)24(29)30-14-17-8-6-16(13-25)7-9-17/h2-12H,14H2,1H3. The number of para-hydroxylation sites is 1. The second-order valence-electron chi connectivity index (χ2n) is 6.88. The zero-order valence-corrected chi connectivity index (χ0v) is 16.1. The molecule has 0 bridgehead atoms. The maximum atomic E-state index is 12.9. The van der Waals surface area contributed by atoms with E-state index in [1.165, 1.54) is 18.2 Å². The fourth-order valence-electron chi connectivity index (χ4n) is 3.31. The van der Waals surface area contributed by atoms with Crippen LogP contribution in [0.4, 0.5) is 5.69 Å². The first-order valence-electron chi connectivity index (χ1n) is 9.24. The molecule has 6 heteroatoms. The monoisotopic (exact) mass is 396 g/mol. The Labute approximate surface area is 172 Å². The molecule has 1 aliphatic heterocycles. The van der Waals surface area contributed by atoms with E-state index in [1.54, 1.807) is 36.4 Å². The average Bonchev–Trinajstić information content (AvgIpc) is 3.02. The summed E-state index contributed by atoms with van der Waals surface area (Å²) in [5, 5.41) is 8.83. The zero-order chi connectivity index (χ0) is 21.3. The molecule has 0 N–H and O–H groups in total. The highest BCUT2D eigenvalue weighted by Gasteiger charge is 2.37. The minimum absolute atomic E-state index is 0.0316. The molecule has 0 saturated heterocycles. The van der Waals surface area contributed by atoms with Crippen molar-refractivity contribution in [2.75, 3.05) is 4.90 Å². The number of esters is 1. The van der Waals surface area contributed by atoms with Crippen molar-refractivity contribution in [2.45, 2.75) is 13.5 Å². The lowest BCUT2D eigenvalue weighted by atomic mass is 10.1. The summed E-state index contributed by atoms with van der Waals surface area (Å²) in [6, 6.07) is 20.2. The van der Waals surface area contributed by atoms with Crippen LogP contribution in [0.3, 0.4) is 0 Å². The molecule has 0 aliphatic carbocycles. The molecule has 4 rings (SSSR count). The molecule has 0 fully saturated rings. The third-order valence-electron chi connectivity index (χ3n) is 4.93. The van der Waals surface area contributed by atoms with Crippen molar-refractivity contribution in [3.8, 4) is 6.07 Å². The Morgan fingerprint density at radius 3 is 2.37 bits per heavy atom. The van der Waals surface area contributed by atoms with E-state index in [2.05, 4.69) is 0 Å². The number of aryl methyl sites for hydroxylation is 1. The van der Waals surface area contributed by atoms with E-state index in [0.717, 1.165) is 16.0 Å². The Morgan fingerprint density at radius 2 is 1.67 bits per heavy atom. The third kappa shape index (κ3) is 3.33. The van der Waals surface area contributed by atoms with Crippen molar-refractivity contribution >= 4 is 23.5 Å². The number of amides is 2. The topological polar surface area (TPSA) is 87.5 Å². The molecule has 2 amide bonds. The molecule has 146 valence electrons. The molecule has 3 aromatic rings. The van der Waals surface area contributed by atoms with Crippen LogP contribution in [0.15, 0.2) is 66.7 Å². The maximum absolute atomic E-state index is 12.9. The summed E-state index contributed by atoms with van der Waals surface area (Å²) >= 11 is 0. The average molecular weight is 396 g/mol. The van der Waals surface area contributed by atoms with Gasteiger partial charge < -0.3 is 4.74 Å². The van der Waals surface area contributed by atoms with Crippen LogP contribution >= 0.6 is 0 Å². The van der Waals surface area contributed by atoms with Gasteiger partial charge in [0.15, 0.2) is 0 Å². The number of nitrogens with zero attached hydrogens (tertiary/aromatic N) is 2. The number of carbonyl (C=O) groups excluding carboxylic acids is 3. The van der Waals surface area contributed by atoms with Crippen molar-refractivity contribution in [2.24, 2.45) is 0 Å². The van der Waals surface area contributed by atoms with Gasteiger partial charge in [0, 0.05) is 0 Å². The van der Waals surface area contributed by atoms with Crippen LogP contribution in [0.1, 0.15) is 47.8 Å². The zero-order valence-electron chi connectivity index (χ0n) is 16.1. The second-order valence-corrected chi connectivity index (χ2v) is 6.88.